The Labute approximate surface area is 133 Å². The van der Waals surface area contributed by atoms with Gasteiger partial charge in [-0.2, -0.15) is 8.42 Å². The molecule has 2 atom stereocenters. The SMILES string of the molecule is CC(C)(C)OC(=O)NC(CN1CC(S(=O)(=O)F)CC1=O)C(=O)O. The van der Waals surface area contributed by atoms with Crippen molar-refractivity contribution in [3.05, 3.63) is 0 Å². The first-order valence-electron chi connectivity index (χ1n) is 6.73. The van der Waals surface area contributed by atoms with Crippen LogP contribution in [0.2, 0.25) is 0 Å². The highest BCUT2D eigenvalue weighted by atomic mass is 32.3. The summed E-state index contributed by atoms with van der Waals surface area (Å²) < 4.78 is 39.5. The van der Waals surface area contributed by atoms with E-state index in [-0.39, 0.29) is 0 Å². The van der Waals surface area contributed by atoms with Crippen LogP contribution in [0.3, 0.4) is 0 Å². The van der Waals surface area contributed by atoms with Gasteiger partial charge in [0.15, 0.2) is 0 Å². The molecule has 1 fully saturated rings. The van der Waals surface area contributed by atoms with Gasteiger partial charge in [0.2, 0.25) is 5.91 Å². The average molecular weight is 354 g/mol. The van der Waals surface area contributed by atoms with E-state index in [1.807, 2.05) is 0 Å². The fourth-order valence-corrected chi connectivity index (χ4v) is 2.66. The van der Waals surface area contributed by atoms with Gasteiger partial charge in [-0.05, 0) is 20.8 Å². The molecule has 0 spiro atoms. The maximum absolute atomic E-state index is 12.9. The second-order valence-electron chi connectivity index (χ2n) is 6.14. The van der Waals surface area contributed by atoms with Crippen LogP contribution in [0.25, 0.3) is 0 Å². The van der Waals surface area contributed by atoms with Gasteiger partial charge in [0, 0.05) is 13.0 Å². The zero-order valence-electron chi connectivity index (χ0n) is 12.9. The summed E-state index contributed by atoms with van der Waals surface area (Å²) >= 11 is 0. The quantitative estimate of drug-likeness (QED) is 0.657. The van der Waals surface area contributed by atoms with Gasteiger partial charge in [0.25, 0.3) is 0 Å². The number of hydrogen-bond acceptors (Lipinski definition) is 6. The molecule has 132 valence electrons. The summed E-state index contributed by atoms with van der Waals surface area (Å²) in [6, 6.07) is -1.50. The third kappa shape index (κ3) is 6.00. The van der Waals surface area contributed by atoms with Crippen LogP contribution in [0.1, 0.15) is 27.2 Å². The molecule has 11 heteroatoms. The molecule has 1 saturated heterocycles. The summed E-state index contributed by atoms with van der Waals surface area (Å²) in [7, 11) is -4.89. The molecule has 1 aliphatic heterocycles. The third-order valence-corrected chi connectivity index (χ3v) is 4.08. The predicted octanol–water partition coefficient (Wildman–Crippen LogP) is -0.135. The maximum Gasteiger partial charge on any atom is 0.408 e. The lowest BCUT2D eigenvalue weighted by Crippen LogP contribution is -2.50. The predicted molar refractivity (Wildman–Crippen MR) is 75.8 cm³/mol. The number of carbonyl (C=O) groups is 3. The number of carboxylic acids is 1. The molecular weight excluding hydrogens is 335 g/mol. The molecule has 0 saturated carbocycles. The highest BCUT2D eigenvalue weighted by Gasteiger charge is 2.40. The first-order valence-corrected chi connectivity index (χ1v) is 8.18. The topological polar surface area (TPSA) is 130 Å². The van der Waals surface area contributed by atoms with Crippen molar-refractivity contribution in [2.75, 3.05) is 13.1 Å². The molecule has 0 aromatic heterocycles. The van der Waals surface area contributed by atoms with E-state index in [4.69, 9.17) is 9.84 Å². The van der Waals surface area contributed by atoms with Crippen LogP contribution in [0.15, 0.2) is 0 Å². The van der Waals surface area contributed by atoms with E-state index in [1.54, 1.807) is 20.8 Å². The number of carbonyl (C=O) groups excluding carboxylic acids is 2. The van der Waals surface area contributed by atoms with Crippen molar-refractivity contribution in [3.8, 4) is 0 Å². The van der Waals surface area contributed by atoms with Crippen molar-refractivity contribution in [1.29, 1.82) is 0 Å². The second kappa shape index (κ2) is 6.69. The zero-order valence-corrected chi connectivity index (χ0v) is 13.7. The smallest absolute Gasteiger partial charge is 0.408 e. The number of nitrogens with one attached hydrogen (secondary N) is 1. The number of nitrogens with zero attached hydrogens (tertiary/aromatic N) is 1. The Balaban J connectivity index is 2.72. The van der Waals surface area contributed by atoms with Crippen LogP contribution in [0.4, 0.5) is 8.68 Å². The molecule has 0 aromatic carbocycles. The first kappa shape index (κ1) is 19.1. The molecule has 9 nitrogen and oxygen atoms in total. The molecule has 0 aliphatic carbocycles. The number of aliphatic carboxylic acids is 1. The number of alkyl carbamates (subject to hydrolysis) is 1. The summed E-state index contributed by atoms with van der Waals surface area (Å²) in [6.07, 6.45) is -1.55. The van der Waals surface area contributed by atoms with Crippen molar-refractivity contribution in [3.63, 3.8) is 0 Å². The minimum absolute atomic E-state index is 0.461. The normalized spacial score (nSPS) is 20.3. The lowest BCUT2D eigenvalue weighted by Gasteiger charge is -2.24. The van der Waals surface area contributed by atoms with E-state index >= 15 is 0 Å². The second-order valence-corrected chi connectivity index (χ2v) is 7.76. The van der Waals surface area contributed by atoms with Crippen LogP contribution in [0, 0.1) is 0 Å². The minimum atomic E-state index is -4.89. The van der Waals surface area contributed by atoms with Crippen LogP contribution < -0.4 is 5.32 Å². The van der Waals surface area contributed by atoms with E-state index in [2.05, 4.69) is 5.32 Å². The van der Waals surface area contributed by atoms with Crippen LogP contribution in [-0.4, -0.2) is 66.4 Å². The first-order chi connectivity index (χ1) is 10.3. The van der Waals surface area contributed by atoms with Gasteiger partial charge in [0.1, 0.15) is 16.9 Å². The third-order valence-electron chi connectivity index (χ3n) is 2.97. The molecule has 1 aliphatic rings. The Kier molecular flexibility index (Phi) is 5.56. The number of likely N-dealkylation sites (tertiary alicyclic amines) is 1. The van der Waals surface area contributed by atoms with Gasteiger partial charge in [-0.25, -0.2) is 9.59 Å². The molecular formula is C12H19FN2O7S. The summed E-state index contributed by atoms with van der Waals surface area (Å²) in [6.45, 7) is 3.81. The molecule has 2 unspecified atom stereocenters. The molecule has 23 heavy (non-hydrogen) atoms. The molecule has 1 rings (SSSR count). The largest absolute Gasteiger partial charge is 0.480 e. The fourth-order valence-electron chi connectivity index (χ4n) is 1.96. The highest BCUT2D eigenvalue weighted by molar-refractivity contribution is 7.87. The summed E-state index contributed by atoms with van der Waals surface area (Å²) in [4.78, 5) is 35.3. The van der Waals surface area contributed by atoms with Gasteiger partial charge in [-0.3, -0.25) is 4.79 Å². The molecule has 2 amide bonds. The van der Waals surface area contributed by atoms with Crippen molar-refractivity contribution in [2.24, 2.45) is 0 Å². The molecule has 1 heterocycles. The van der Waals surface area contributed by atoms with E-state index in [0.29, 0.717) is 0 Å². The Morgan fingerprint density at radius 1 is 1.48 bits per heavy atom. The van der Waals surface area contributed by atoms with Crippen LogP contribution >= 0.6 is 0 Å². The van der Waals surface area contributed by atoms with Crippen LogP contribution in [-0.2, 0) is 24.5 Å². The molecule has 0 aromatic rings. The molecule has 0 bridgehead atoms. The van der Waals surface area contributed by atoms with Crippen molar-refractivity contribution >= 4 is 28.2 Å². The zero-order chi connectivity index (χ0) is 18.0. The Morgan fingerprint density at radius 3 is 2.43 bits per heavy atom. The number of rotatable bonds is 5. The summed E-state index contributed by atoms with van der Waals surface area (Å²) in [5, 5.41) is 9.65. The summed E-state index contributed by atoms with van der Waals surface area (Å²) in [5.41, 5.74) is -0.843. The van der Waals surface area contributed by atoms with E-state index < -0.39 is 64.6 Å². The number of amides is 2. The Hall–Kier alpha value is -1.91. The Morgan fingerprint density at radius 2 is 2.04 bits per heavy atom. The number of carboxylic acid groups (broad SMARTS) is 1. The molecule has 0 radical (unpaired) electrons. The summed E-state index contributed by atoms with van der Waals surface area (Å²) in [5.74, 6) is -2.14. The van der Waals surface area contributed by atoms with Crippen molar-refractivity contribution < 1.29 is 36.5 Å². The molecule has 2 N–H and O–H groups in total. The van der Waals surface area contributed by atoms with Crippen molar-refractivity contribution in [1.82, 2.24) is 10.2 Å². The van der Waals surface area contributed by atoms with Gasteiger partial charge in [-0.15, -0.1) is 3.89 Å². The maximum atomic E-state index is 12.9. The number of hydrogen-bond donors (Lipinski definition) is 2. The van der Waals surface area contributed by atoms with Gasteiger partial charge in [-0.1, -0.05) is 0 Å². The fraction of sp³-hybridized carbons (Fsp3) is 0.750. The minimum Gasteiger partial charge on any atom is -0.480 e. The Bertz CT molecular complexity index is 599. The standard InChI is InChI=1S/C12H19FN2O7S/c1-12(2,3)22-11(19)14-8(10(17)18)6-15-5-7(4-9(15)16)23(13,20)21/h7-8H,4-6H2,1-3H3,(H,14,19)(H,17,18). The lowest BCUT2D eigenvalue weighted by molar-refractivity contribution is -0.140. The van der Waals surface area contributed by atoms with Crippen molar-refractivity contribution in [2.45, 2.75) is 44.1 Å². The van der Waals surface area contributed by atoms with E-state index in [9.17, 15) is 26.7 Å². The van der Waals surface area contributed by atoms with Crippen LogP contribution in [0.5, 0.6) is 0 Å². The van der Waals surface area contributed by atoms with Gasteiger partial charge in [0.05, 0.1) is 6.54 Å². The average Bonchev–Trinajstić information content (AvgIpc) is 2.67. The van der Waals surface area contributed by atoms with Gasteiger partial charge < -0.3 is 20.1 Å². The highest BCUT2D eigenvalue weighted by Crippen LogP contribution is 2.20. The monoisotopic (exact) mass is 354 g/mol. The number of ether oxygens (including phenoxy) is 1. The van der Waals surface area contributed by atoms with E-state index in [0.717, 1.165) is 4.90 Å². The van der Waals surface area contributed by atoms with E-state index in [1.165, 1.54) is 0 Å². The lowest BCUT2D eigenvalue weighted by atomic mass is 10.2. The number of halogens is 1. The van der Waals surface area contributed by atoms with Gasteiger partial charge >= 0.3 is 22.3 Å².